The Bertz CT molecular complexity index is 257. The zero-order valence-corrected chi connectivity index (χ0v) is 11.2. The molecule has 0 radical (unpaired) electrons. The van der Waals surface area contributed by atoms with Crippen molar-refractivity contribution in [1.82, 2.24) is 0 Å². The molecule has 0 amide bonds. The Morgan fingerprint density at radius 1 is 0.867 bits per heavy atom. The number of phosphoric ester groups is 2. The van der Waals surface area contributed by atoms with Crippen molar-refractivity contribution < 1.29 is 37.0 Å². The molecule has 0 saturated carbocycles. The zero-order valence-electron chi connectivity index (χ0n) is 8.02. The van der Waals surface area contributed by atoms with E-state index in [2.05, 4.69) is 18.1 Å². The summed E-state index contributed by atoms with van der Waals surface area (Å²) in [6.45, 7) is 3.02. The van der Waals surface area contributed by atoms with Gasteiger partial charge in [-0.1, -0.05) is 0 Å². The third-order valence-electron chi connectivity index (χ3n) is 1.11. The summed E-state index contributed by atoms with van der Waals surface area (Å²) in [7, 11) is -7.54. The Kier molecular flexibility index (Phi) is 5.91. The fraction of sp³-hybridized carbons (Fsp3) is 1.00. The molecule has 2 aliphatic rings. The van der Waals surface area contributed by atoms with Crippen molar-refractivity contribution in [3.05, 3.63) is 0 Å². The normalized spacial score (nSPS) is 47.5. The molecule has 0 N–H and O–H groups in total. The van der Waals surface area contributed by atoms with Crippen LogP contribution in [0.3, 0.4) is 0 Å². The van der Waals surface area contributed by atoms with Gasteiger partial charge in [-0.05, 0) is 13.8 Å². The third-order valence-corrected chi connectivity index (χ3v) is 3.33. The van der Waals surface area contributed by atoms with Crippen LogP contribution in [0.15, 0.2) is 0 Å². The summed E-state index contributed by atoms with van der Waals surface area (Å²) >= 11 is 0. The van der Waals surface area contributed by atoms with Gasteiger partial charge in [-0.2, -0.15) is 0 Å². The summed E-state index contributed by atoms with van der Waals surface area (Å²) in [6, 6.07) is 0. The van der Waals surface area contributed by atoms with Crippen LogP contribution >= 0.6 is 15.6 Å². The molecule has 2 fully saturated rings. The molecule has 2 saturated heterocycles. The molecule has 0 atom stereocenters. The molecule has 0 aliphatic carbocycles. The van der Waals surface area contributed by atoms with E-state index in [0.29, 0.717) is 0 Å². The number of hydrogen-bond donors (Lipinski definition) is 0. The second kappa shape index (κ2) is 5.55. The first-order valence-corrected chi connectivity index (χ1v) is 6.48. The van der Waals surface area contributed by atoms with Gasteiger partial charge in [-0.15, -0.1) is 0 Å². The zero-order chi connectivity index (χ0) is 11.0. The van der Waals surface area contributed by atoms with E-state index in [1.165, 1.54) is 13.8 Å². The molecular formula is C4H8MgO8P2. The smallest absolute Gasteiger partial charge is 0.756 e. The minimum atomic E-state index is -3.77. The SMILES string of the molecule is CC1OP(=O)([O-])O1.CC1OP(=O)([O-])O1.[Mg+2]. The maximum atomic E-state index is 9.88. The first kappa shape index (κ1) is 16.0. The molecule has 2 heterocycles. The monoisotopic (exact) mass is 270 g/mol. The Hall–Kier alpha value is 0.986. The van der Waals surface area contributed by atoms with Gasteiger partial charge in [-0.3, -0.25) is 27.2 Å². The summed E-state index contributed by atoms with van der Waals surface area (Å²) in [4.78, 5) is 19.8. The predicted molar refractivity (Wildman–Crippen MR) is 44.2 cm³/mol. The van der Waals surface area contributed by atoms with Crippen LogP contribution in [0.1, 0.15) is 13.8 Å². The minimum Gasteiger partial charge on any atom is -0.756 e. The largest absolute Gasteiger partial charge is 2.00 e. The van der Waals surface area contributed by atoms with Crippen molar-refractivity contribution in [2.45, 2.75) is 26.4 Å². The maximum Gasteiger partial charge on any atom is 2.00 e. The van der Waals surface area contributed by atoms with E-state index in [4.69, 9.17) is 0 Å². The second-order valence-electron chi connectivity index (χ2n) is 2.45. The molecule has 15 heavy (non-hydrogen) atoms. The Morgan fingerprint density at radius 3 is 1.07 bits per heavy atom. The molecule has 0 unspecified atom stereocenters. The van der Waals surface area contributed by atoms with E-state index in [0.717, 1.165) is 0 Å². The Balaban J connectivity index is 0.000000245. The van der Waals surface area contributed by atoms with Crippen LogP contribution in [0, 0.1) is 0 Å². The molecule has 11 heteroatoms. The third kappa shape index (κ3) is 5.74. The van der Waals surface area contributed by atoms with Crippen LogP contribution in [0.25, 0.3) is 0 Å². The molecule has 0 aromatic carbocycles. The summed E-state index contributed by atoms with van der Waals surface area (Å²) < 4.78 is 36.2. The van der Waals surface area contributed by atoms with Crippen molar-refractivity contribution in [3.63, 3.8) is 0 Å². The van der Waals surface area contributed by atoms with Crippen LogP contribution in [0.5, 0.6) is 0 Å². The van der Waals surface area contributed by atoms with Crippen LogP contribution in [0.2, 0.25) is 0 Å². The van der Waals surface area contributed by atoms with Gasteiger partial charge in [0.2, 0.25) is 0 Å². The summed E-state index contributed by atoms with van der Waals surface area (Å²) in [5, 5.41) is 0. The van der Waals surface area contributed by atoms with E-state index in [1.54, 1.807) is 0 Å². The molecule has 84 valence electrons. The predicted octanol–water partition coefficient (Wildman–Crippen LogP) is -0.686. The average molecular weight is 270 g/mol. The van der Waals surface area contributed by atoms with Gasteiger partial charge in [0.25, 0.3) is 15.6 Å². The maximum absolute atomic E-state index is 9.88. The van der Waals surface area contributed by atoms with Crippen LogP contribution in [-0.2, 0) is 27.2 Å². The minimum absolute atomic E-state index is 0. The molecular weight excluding hydrogens is 262 g/mol. The quantitative estimate of drug-likeness (QED) is 0.419. The summed E-state index contributed by atoms with van der Waals surface area (Å²) in [6.07, 6.45) is -1.13. The second-order valence-corrected chi connectivity index (χ2v) is 5.08. The average Bonchev–Trinajstić information content (AvgIpc) is 1.78. The van der Waals surface area contributed by atoms with Gasteiger partial charge in [0.15, 0.2) is 12.6 Å². The molecule has 8 nitrogen and oxygen atoms in total. The van der Waals surface area contributed by atoms with Gasteiger partial charge < -0.3 is 9.79 Å². The van der Waals surface area contributed by atoms with Gasteiger partial charge in [0.05, 0.1) is 0 Å². The summed E-state index contributed by atoms with van der Waals surface area (Å²) in [5.41, 5.74) is 0. The van der Waals surface area contributed by atoms with Crippen LogP contribution < -0.4 is 9.79 Å². The topological polar surface area (TPSA) is 117 Å². The number of rotatable bonds is 0. The van der Waals surface area contributed by atoms with E-state index in [1.807, 2.05) is 0 Å². The van der Waals surface area contributed by atoms with Gasteiger partial charge in [0, 0.05) is 0 Å². The van der Waals surface area contributed by atoms with Crippen molar-refractivity contribution in [3.8, 4) is 0 Å². The van der Waals surface area contributed by atoms with Gasteiger partial charge in [-0.25, -0.2) is 0 Å². The van der Waals surface area contributed by atoms with E-state index in [9.17, 15) is 18.9 Å². The molecule has 0 bridgehead atoms. The number of hydrogen-bond acceptors (Lipinski definition) is 8. The molecule has 0 aromatic rings. The fourth-order valence-corrected chi connectivity index (χ4v) is 2.23. The van der Waals surface area contributed by atoms with Crippen LogP contribution in [-0.4, -0.2) is 35.6 Å². The first-order valence-electron chi connectivity index (χ1n) is 3.56. The van der Waals surface area contributed by atoms with E-state index >= 15 is 0 Å². The Labute approximate surface area is 102 Å². The first-order chi connectivity index (χ1) is 6.20. The molecule has 0 aromatic heterocycles. The molecule has 0 spiro atoms. The van der Waals surface area contributed by atoms with Crippen LogP contribution in [0.4, 0.5) is 0 Å². The molecule has 2 rings (SSSR count). The number of phosphoric acid groups is 2. The van der Waals surface area contributed by atoms with Gasteiger partial charge in [0.1, 0.15) is 0 Å². The molecule has 2 aliphatic heterocycles. The van der Waals surface area contributed by atoms with E-state index in [-0.39, 0.29) is 23.1 Å². The van der Waals surface area contributed by atoms with Crippen molar-refractivity contribution in [1.29, 1.82) is 0 Å². The van der Waals surface area contributed by atoms with Crippen molar-refractivity contribution in [2.75, 3.05) is 0 Å². The summed E-state index contributed by atoms with van der Waals surface area (Å²) in [5.74, 6) is 0. The standard InChI is InChI=1S/2C2H5O4P.Mg/c2*1-2-5-7(3,4)6-2;/h2*2H,1H3,(H,3,4);/q;;+2/p-2. The fourth-order valence-electron chi connectivity index (χ4n) is 0.743. The van der Waals surface area contributed by atoms with E-state index < -0.39 is 28.2 Å². The Morgan fingerprint density at radius 2 is 1.07 bits per heavy atom. The van der Waals surface area contributed by atoms with Gasteiger partial charge >= 0.3 is 23.1 Å². The van der Waals surface area contributed by atoms with Crippen molar-refractivity contribution >= 4 is 38.7 Å². The van der Waals surface area contributed by atoms with Crippen molar-refractivity contribution in [2.24, 2.45) is 0 Å².